The summed E-state index contributed by atoms with van der Waals surface area (Å²) in [6.07, 6.45) is -12.8. The molecule has 0 aliphatic rings. The Labute approximate surface area is 242 Å². The van der Waals surface area contributed by atoms with E-state index in [1.807, 2.05) is 6.07 Å². The van der Waals surface area contributed by atoms with E-state index in [1.54, 1.807) is 6.92 Å². The molecule has 3 rings (SSSR count). The topological polar surface area (TPSA) is 103 Å². The monoisotopic (exact) mass is 661 g/mol. The third-order valence-electron chi connectivity index (χ3n) is 6.04. The van der Waals surface area contributed by atoms with Gasteiger partial charge in [0.1, 0.15) is 5.75 Å². The van der Waals surface area contributed by atoms with E-state index in [4.69, 9.17) is 10.00 Å². The van der Waals surface area contributed by atoms with Crippen LogP contribution < -0.4 is 15.0 Å². The number of phenols is 1. The minimum Gasteiger partial charge on any atom is -0.506 e. The number of nitrogens with zero attached hydrogens (tertiary/aromatic N) is 2. The Morgan fingerprint density at radius 3 is 2.10 bits per heavy atom. The van der Waals surface area contributed by atoms with Crippen molar-refractivity contribution in [2.24, 2.45) is 0 Å². The fourth-order valence-electron chi connectivity index (χ4n) is 3.98. The van der Waals surface area contributed by atoms with Gasteiger partial charge in [-0.15, -0.1) is 0 Å². The summed E-state index contributed by atoms with van der Waals surface area (Å²) in [4.78, 5) is 27.7. The molecule has 0 aliphatic heterocycles. The van der Waals surface area contributed by atoms with Gasteiger partial charge in [0, 0.05) is 22.1 Å². The molecule has 0 aromatic heterocycles. The molecule has 3 aromatic carbocycles. The molecule has 0 radical (unpaired) electrons. The number of hydrogen-bond donors (Lipinski definition) is 2. The lowest BCUT2D eigenvalue weighted by molar-refractivity contribution is -0.348. The van der Waals surface area contributed by atoms with Gasteiger partial charge in [-0.25, -0.2) is 4.39 Å². The van der Waals surface area contributed by atoms with Crippen LogP contribution in [0.4, 0.5) is 42.1 Å². The van der Waals surface area contributed by atoms with Crippen molar-refractivity contribution >= 4 is 39.1 Å². The summed E-state index contributed by atoms with van der Waals surface area (Å²) < 4.78 is 98.3. The molecular formula is C27H19BrF7N3O4. The maximum Gasteiger partial charge on any atom is 0.435 e. The van der Waals surface area contributed by atoms with E-state index >= 15 is 0 Å². The van der Waals surface area contributed by atoms with Crippen molar-refractivity contribution < 1.29 is 50.2 Å². The Bertz CT molecular complexity index is 1510. The second-order valence-electron chi connectivity index (χ2n) is 8.56. The highest BCUT2D eigenvalue weighted by molar-refractivity contribution is 9.10. The second kappa shape index (κ2) is 11.9. The number of carbonyl (C=O) groups excluding carboxylic acids is 2. The molecule has 0 heterocycles. The molecule has 0 fully saturated rings. The summed E-state index contributed by atoms with van der Waals surface area (Å²) in [5, 5.41) is 21.4. The molecule has 0 unspecified atom stereocenters. The van der Waals surface area contributed by atoms with Crippen LogP contribution in [0.5, 0.6) is 11.5 Å². The van der Waals surface area contributed by atoms with Gasteiger partial charge in [0.25, 0.3) is 11.8 Å². The molecule has 222 valence electrons. The Morgan fingerprint density at radius 1 is 1.02 bits per heavy atom. The van der Waals surface area contributed by atoms with E-state index in [2.05, 4.69) is 21.2 Å². The summed E-state index contributed by atoms with van der Waals surface area (Å²) in [5.41, 5.74) is -8.02. The number of alkyl halides is 7. The summed E-state index contributed by atoms with van der Waals surface area (Å²) in [6.45, 7) is 1.73. The molecule has 0 saturated carbocycles. The standard InChI is InChI=1S/C27H19BrF7N3O4/c1-3-38(24(41)15-9-7-14(13-36)8-10-15)19-6-4-5-17(22(19)42-2)23(40)37-21-18(28)11-16(12-20(21)39)25(29,26(30,31)32)27(33,34)35/h4-12,39H,3H2,1-2H3,(H,37,40). The molecule has 42 heavy (non-hydrogen) atoms. The van der Waals surface area contributed by atoms with Gasteiger partial charge in [-0.2, -0.15) is 31.6 Å². The number of amides is 2. The molecule has 0 aliphatic carbocycles. The lowest BCUT2D eigenvalue weighted by Gasteiger charge is -2.30. The van der Waals surface area contributed by atoms with Crippen molar-refractivity contribution in [2.45, 2.75) is 24.9 Å². The molecule has 3 aromatic rings. The number of anilines is 2. The fraction of sp³-hybridized carbons (Fsp3) is 0.222. The smallest absolute Gasteiger partial charge is 0.435 e. The highest BCUT2D eigenvalue weighted by Gasteiger charge is 2.73. The highest BCUT2D eigenvalue weighted by atomic mass is 79.9. The van der Waals surface area contributed by atoms with Gasteiger partial charge < -0.3 is 20.1 Å². The first-order chi connectivity index (χ1) is 19.5. The number of hydrogen-bond acceptors (Lipinski definition) is 5. The van der Waals surface area contributed by atoms with Crippen molar-refractivity contribution in [1.82, 2.24) is 0 Å². The van der Waals surface area contributed by atoms with Gasteiger partial charge in [-0.05, 0) is 71.4 Å². The van der Waals surface area contributed by atoms with E-state index in [1.165, 1.54) is 54.5 Å². The number of aromatic hydroxyl groups is 1. The van der Waals surface area contributed by atoms with E-state index in [0.29, 0.717) is 5.56 Å². The van der Waals surface area contributed by atoms with Crippen LogP contribution in [-0.2, 0) is 5.67 Å². The molecule has 2 N–H and O–H groups in total. The predicted molar refractivity (Wildman–Crippen MR) is 140 cm³/mol. The number of methoxy groups -OCH3 is 1. The van der Waals surface area contributed by atoms with E-state index in [9.17, 15) is 45.4 Å². The third-order valence-corrected chi connectivity index (χ3v) is 6.67. The first-order valence-electron chi connectivity index (χ1n) is 11.7. The van der Waals surface area contributed by atoms with E-state index < -0.39 is 51.3 Å². The summed E-state index contributed by atoms with van der Waals surface area (Å²) in [5.74, 6) is -3.00. The van der Waals surface area contributed by atoms with Crippen LogP contribution in [0, 0.1) is 11.3 Å². The van der Waals surface area contributed by atoms with Crippen LogP contribution in [-0.4, -0.2) is 42.9 Å². The predicted octanol–water partition coefficient (Wildman–Crippen LogP) is 7.24. The van der Waals surface area contributed by atoms with Crippen molar-refractivity contribution in [1.29, 1.82) is 5.26 Å². The Hall–Kier alpha value is -4.32. The van der Waals surface area contributed by atoms with Crippen molar-refractivity contribution in [2.75, 3.05) is 23.9 Å². The summed E-state index contributed by atoms with van der Waals surface area (Å²) in [6, 6.07) is 11.8. The number of nitrogens with one attached hydrogen (secondary N) is 1. The molecule has 0 atom stereocenters. The highest BCUT2D eigenvalue weighted by Crippen LogP contribution is 2.55. The number of benzene rings is 3. The van der Waals surface area contributed by atoms with Gasteiger partial charge >= 0.3 is 18.0 Å². The molecule has 7 nitrogen and oxygen atoms in total. The maximum atomic E-state index is 14.5. The number of para-hydroxylation sites is 1. The Balaban J connectivity index is 2.01. The average molecular weight is 662 g/mol. The lowest BCUT2D eigenvalue weighted by Crippen LogP contribution is -2.50. The number of rotatable bonds is 7. The zero-order valence-corrected chi connectivity index (χ0v) is 23.1. The Kier molecular flexibility index (Phi) is 9.11. The molecule has 15 heteroatoms. The summed E-state index contributed by atoms with van der Waals surface area (Å²) >= 11 is 2.68. The van der Waals surface area contributed by atoms with Crippen molar-refractivity contribution in [3.05, 3.63) is 81.3 Å². The molecule has 2 amide bonds. The SMILES string of the molecule is CCN(C(=O)c1ccc(C#N)cc1)c1cccc(C(=O)Nc2c(O)cc(C(F)(C(F)(F)F)C(F)(F)F)cc2Br)c1OC. The minimum absolute atomic E-state index is 0.0932. The number of ether oxygens (including phenoxy) is 1. The number of carbonyl (C=O) groups is 2. The van der Waals surface area contributed by atoms with Crippen molar-refractivity contribution in [3.63, 3.8) is 0 Å². The largest absolute Gasteiger partial charge is 0.506 e. The van der Waals surface area contributed by atoms with Crippen LogP contribution >= 0.6 is 15.9 Å². The van der Waals surface area contributed by atoms with E-state index in [0.717, 1.165) is 0 Å². The molecule has 0 spiro atoms. The van der Waals surface area contributed by atoms with Crippen LogP contribution in [0.15, 0.2) is 59.1 Å². The van der Waals surface area contributed by atoms with Crippen LogP contribution in [0.3, 0.4) is 0 Å². The van der Waals surface area contributed by atoms with Crippen molar-refractivity contribution in [3.8, 4) is 17.6 Å². The van der Waals surface area contributed by atoms with Crippen LogP contribution in [0.2, 0.25) is 0 Å². The zero-order valence-electron chi connectivity index (χ0n) is 21.5. The summed E-state index contributed by atoms with van der Waals surface area (Å²) in [7, 11) is 1.19. The molecular weight excluding hydrogens is 643 g/mol. The number of halogens is 8. The quantitative estimate of drug-likeness (QED) is 0.205. The van der Waals surface area contributed by atoms with E-state index in [-0.39, 0.29) is 41.2 Å². The number of phenolic OH excluding ortho intramolecular Hbond substituents is 1. The molecule has 0 bridgehead atoms. The Morgan fingerprint density at radius 2 is 1.62 bits per heavy atom. The minimum atomic E-state index is -6.42. The second-order valence-corrected chi connectivity index (χ2v) is 9.41. The van der Waals surface area contributed by atoms with Gasteiger partial charge in [-0.3, -0.25) is 9.59 Å². The van der Waals surface area contributed by atoms with Gasteiger partial charge in [0.15, 0.2) is 5.75 Å². The first kappa shape index (κ1) is 32.2. The van der Waals surface area contributed by atoms with Gasteiger partial charge in [0.05, 0.1) is 35.7 Å². The van der Waals surface area contributed by atoms with Gasteiger partial charge in [-0.1, -0.05) is 6.07 Å². The lowest BCUT2D eigenvalue weighted by atomic mass is 9.93. The first-order valence-corrected chi connectivity index (χ1v) is 12.5. The third kappa shape index (κ3) is 5.85. The average Bonchev–Trinajstić information content (AvgIpc) is 2.93. The van der Waals surface area contributed by atoms with Crippen LogP contribution in [0.1, 0.15) is 38.8 Å². The zero-order chi connectivity index (χ0) is 31.6. The number of nitriles is 1. The normalized spacial score (nSPS) is 11.9. The van der Waals surface area contributed by atoms with Gasteiger partial charge in [0.2, 0.25) is 0 Å². The molecule has 0 saturated heterocycles. The fourth-order valence-corrected chi connectivity index (χ4v) is 4.53. The maximum absolute atomic E-state index is 14.5. The van der Waals surface area contributed by atoms with Crippen LogP contribution in [0.25, 0.3) is 0 Å².